The lowest BCUT2D eigenvalue weighted by Gasteiger charge is -2.26. The fraction of sp³-hybridized carbons (Fsp3) is 0.381. The summed E-state index contributed by atoms with van der Waals surface area (Å²) in [6.45, 7) is 5.61. The SMILES string of the molecule is Cc1nc(Nc2ncc(C(=O)Nc3c(C)cccc3Cl)n2C)nc(N2CCCCC2)n1. The molecule has 1 aliphatic rings. The van der Waals surface area contributed by atoms with Gasteiger partial charge < -0.3 is 14.8 Å². The summed E-state index contributed by atoms with van der Waals surface area (Å²) in [5.41, 5.74) is 1.85. The van der Waals surface area contributed by atoms with Crippen LogP contribution in [0.4, 0.5) is 23.5 Å². The van der Waals surface area contributed by atoms with Gasteiger partial charge in [0.2, 0.25) is 17.8 Å². The quantitative estimate of drug-likeness (QED) is 0.621. The lowest BCUT2D eigenvalue weighted by molar-refractivity contribution is 0.101. The number of para-hydroxylation sites is 1. The highest BCUT2D eigenvalue weighted by atomic mass is 35.5. The van der Waals surface area contributed by atoms with Crippen LogP contribution < -0.4 is 15.5 Å². The van der Waals surface area contributed by atoms with Crippen LogP contribution in [0.15, 0.2) is 24.4 Å². The molecule has 162 valence electrons. The number of rotatable bonds is 5. The highest BCUT2D eigenvalue weighted by Gasteiger charge is 2.19. The van der Waals surface area contributed by atoms with Gasteiger partial charge in [-0.25, -0.2) is 4.98 Å². The van der Waals surface area contributed by atoms with Crippen molar-refractivity contribution < 1.29 is 4.79 Å². The van der Waals surface area contributed by atoms with Crippen molar-refractivity contribution in [1.29, 1.82) is 0 Å². The van der Waals surface area contributed by atoms with Crippen LogP contribution in [0.25, 0.3) is 0 Å². The number of hydrogen-bond donors (Lipinski definition) is 2. The van der Waals surface area contributed by atoms with Crippen molar-refractivity contribution in [3.05, 3.63) is 46.5 Å². The highest BCUT2D eigenvalue weighted by Crippen LogP contribution is 2.26. The number of benzene rings is 1. The molecule has 3 aromatic rings. The number of hydrogen-bond acceptors (Lipinski definition) is 7. The molecule has 1 fully saturated rings. The molecule has 0 unspecified atom stereocenters. The van der Waals surface area contributed by atoms with Gasteiger partial charge in [0.25, 0.3) is 5.91 Å². The largest absolute Gasteiger partial charge is 0.341 e. The molecule has 0 aliphatic carbocycles. The molecule has 31 heavy (non-hydrogen) atoms. The third-order valence-electron chi connectivity index (χ3n) is 5.28. The van der Waals surface area contributed by atoms with E-state index in [0.717, 1.165) is 31.5 Å². The molecule has 0 saturated carbocycles. The average molecular weight is 441 g/mol. The summed E-state index contributed by atoms with van der Waals surface area (Å²) in [5.74, 6) is 1.84. The first-order chi connectivity index (χ1) is 14.9. The molecule has 0 spiro atoms. The van der Waals surface area contributed by atoms with E-state index in [2.05, 4.69) is 35.5 Å². The number of halogens is 1. The zero-order valence-corrected chi connectivity index (χ0v) is 18.6. The number of imidazole rings is 1. The lowest BCUT2D eigenvalue weighted by atomic mass is 10.1. The van der Waals surface area contributed by atoms with E-state index in [1.807, 2.05) is 26.0 Å². The van der Waals surface area contributed by atoms with Crippen molar-refractivity contribution in [3.63, 3.8) is 0 Å². The molecule has 1 saturated heterocycles. The standard InChI is InChI=1S/C21H25ClN8O/c1-13-8-7-9-15(22)17(13)26-18(31)16-12-23-20(29(16)3)27-19-24-14(2)25-21(28-19)30-10-5-4-6-11-30/h7-9,12H,4-6,10-11H2,1-3H3,(H,26,31)(H,23,24,25,27,28). The van der Waals surface area contributed by atoms with E-state index >= 15 is 0 Å². The number of piperidine rings is 1. The number of aryl methyl sites for hydroxylation is 2. The van der Waals surface area contributed by atoms with Gasteiger partial charge in [-0.1, -0.05) is 23.7 Å². The Morgan fingerprint density at radius 1 is 1.10 bits per heavy atom. The third kappa shape index (κ3) is 4.61. The van der Waals surface area contributed by atoms with Gasteiger partial charge in [-0.15, -0.1) is 0 Å². The van der Waals surface area contributed by atoms with E-state index in [4.69, 9.17) is 11.6 Å². The fourth-order valence-corrected chi connectivity index (χ4v) is 3.83. The van der Waals surface area contributed by atoms with Gasteiger partial charge in [0.1, 0.15) is 11.5 Å². The van der Waals surface area contributed by atoms with Crippen molar-refractivity contribution >= 4 is 41.0 Å². The molecule has 3 heterocycles. The van der Waals surface area contributed by atoms with Gasteiger partial charge in [0, 0.05) is 20.1 Å². The summed E-state index contributed by atoms with van der Waals surface area (Å²) >= 11 is 6.23. The van der Waals surface area contributed by atoms with Gasteiger partial charge in [0.15, 0.2) is 0 Å². The maximum atomic E-state index is 12.8. The lowest BCUT2D eigenvalue weighted by Crippen LogP contribution is -2.31. The summed E-state index contributed by atoms with van der Waals surface area (Å²) in [6.07, 6.45) is 5.01. The zero-order valence-electron chi connectivity index (χ0n) is 17.8. The number of amides is 1. The van der Waals surface area contributed by atoms with E-state index < -0.39 is 0 Å². The number of nitrogens with one attached hydrogen (secondary N) is 2. The van der Waals surface area contributed by atoms with Gasteiger partial charge in [-0.2, -0.15) is 15.0 Å². The molecule has 0 bridgehead atoms. The number of aromatic nitrogens is 5. The Bertz CT molecular complexity index is 1090. The van der Waals surface area contributed by atoms with Crippen LogP contribution >= 0.6 is 11.6 Å². The van der Waals surface area contributed by atoms with Gasteiger partial charge >= 0.3 is 0 Å². The predicted molar refractivity (Wildman–Crippen MR) is 121 cm³/mol. The Morgan fingerprint density at radius 3 is 2.61 bits per heavy atom. The molecule has 0 atom stereocenters. The van der Waals surface area contributed by atoms with Gasteiger partial charge in [-0.05, 0) is 44.7 Å². The zero-order chi connectivity index (χ0) is 22.0. The smallest absolute Gasteiger partial charge is 0.274 e. The van der Waals surface area contributed by atoms with Gasteiger partial charge in [0.05, 0.1) is 16.9 Å². The van der Waals surface area contributed by atoms with E-state index in [0.29, 0.717) is 40.1 Å². The monoisotopic (exact) mass is 440 g/mol. The molecule has 9 nitrogen and oxygen atoms in total. The normalized spacial score (nSPS) is 13.9. The van der Waals surface area contributed by atoms with E-state index in [1.165, 1.54) is 12.6 Å². The molecule has 4 rings (SSSR count). The number of carbonyl (C=O) groups is 1. The maximum Gasteiger partial charge on any atom is 0.274 e. The number of anilines is 4. The first-order valence-electron chi connectivity index (χ1n) is 10.2. The molecule has 0 radical (unpaired) electrons. The Morgan fingerprint density at radius 2 is 1.87 bits per heavy atom. The van der Waals surface area contributed by atoms with Crippen LogP contribution in [0.3, 0.4) is 0 Å². The predicted octanol–water partition coefficient (Wildman–Crippen LogP) is 3.86. The summed E-state index contributed by atoms with van der Waals surface area (Å²) in [4.78, 5) is 32.7. The summed E-state index contributed by atoms with van der Waals surface area (Å²) in [7, 11) is 1.75. The molecule has 2 aromatic heterocycles. The summed E-state index contributed by atoms with van der Waals surface area (Å²) < 4.78 is 1.65. The van der Waals surface area contributed by atoms with Crippen LogP contribution in [0, 0.1) is 13.8 Å². The van der Waals surface area contributed by atoms with Crippen LogP contribution in [0.2, 0.25) is 5.02 Å². The van der Waals surface area contributed by atoms with Crippen LogP contribution in [0.1, 0.15) is 41.1 Å². The molecule has 2 N–H and O–H groups in total. The second-order valence-corrected chi connectivity index (χ2v) is 8.00. The second-order valence-electron chi connectivity index (χ2n) is 7.59. The Hall–Kier alpha value is -3.20. The van der Waals surface area contributed by atoms with Crippen LogP contribution in [-0.2, 0) is 7.05 Å². The Labute approximate surface area is 185 Å². The van der Waals surface area contributed by atoms with Crippen LogP contribution in [0.5, 0.6) is 0 Å². The molecular weight excluding hydrogens is 416 g/mol. The third-order valence-corrected chi connectivity index (χ3v) is 5.59. The summed E-state index contributed by atoms with van der Waals surface area (Å²) in [6, 6.07) is 5.47. The van der Waals surface area contributed by atoms with Crippen molar-refractivity contribution in [2.75, 3.05) is 28.6 Å². The Kier molecular flexibility index (Phi) is 6.03. The van der Waals surface area contributed by atoms with E-state index in [9.17, 15) is 4.79 Å². The molecule has 1 aliphatic heterocycles. The first kappa shape index (κ1) is 21.0. The topological polar surface area (TPSA) is 101 Å². The molecule has 1 amide bonds. The Balaban J connectivity index is 1.53. The molecule has 1 aromatic carbocycles. The van der Waals surface area contributed by atoms with Crippen LogP contribution in [-0.4, -0.2) is 43.5 Å². The minimum atomic E-state index is -0.305. The fourth-order valence-electron chi connectivity index (χ4n) is 3.56. The molecule has 10 heteroatoms. The van der Waals surface area contributed by atoms with E-state index in [-0.39, 0.29) is 5.91 Å². The van der Waals surface area contributed by atoms with Crippen molar-refractivity contribution in [2.24, 2.45) is 7.05 Å². The van der Waals surface area contributed by atoms with Gasteiger partial charge in [-0.3, -0.25) is 10.1 Å². The van der Waals surface area contributed by atoms with E-state index in [1.54, 1.807) is 17.7 Å². The van der Waals surface area contributed by atoms with Crippen molar-refractivity contribution in [1.82, 2.24) is 24.5 Å². The average Bonchev–Trinajstić information content (AvgIpc) is 3.11. The maximum absolute atomic E-state index is 12.8. The number of carbonyl (C=O) groups excluding carboxylic acids is 1. The highest BCUT2D eigenvalue weighted by molar-refractivity contribution is 6.34. The number of nitrogens with zero attached hydrogens (tertiary/aromatic N) is 6. The van der Waals surface area contributed by atoms with Crippen molar-refractivity contribution in [3.8, 4) is 0 Å². The summed E-state index contributed by atoms with van der Waals surface area (Å²) in [5, 5.41) is 6.46. The minimum absolute atomic E-state index is 0.305. The van der Waals surface area contributed by atoms with Crippen molar-refractivity contribution in [2.45, 2.75) is 33.1 Å². The first-order valence-corrected chi connectivity index (χ1v) is 10.6. The minimum Gasteiger partial charge on any atom is -0.341 e. The second kappa shape index (κ2) is 8.89. The molecular formula is C21H25ClN8O.